The summed E-state index contributed by atoms with van der Waals surface area (Å²) in [6.07, 6.45) is 2.73. The fraction of sp³-hybridized carbons (Fsp3) is 0.261. The Morgan fingerprint density at radius 3 is 2.57 bits per heavy atom. The number of carbonyl (C=O) groups is 2. The van der Waals surface area contributed by atoms with Crippen molar-refractivity contribution < 1.29 is 14.0 Å². The Hall–Kier alpha value is -2.99. The minimum Gasteiger partial charge on any atom is -0.331 e. The van der Waals surface area contributed by atoms with E-state index in [0.29, 0.717) is 29.1 Å². The molecule has 2 fully saturated rings. The van der Waals surface area contributed by atoms with E-state index < -0.39 is 30.1 Å². The van der Waals surface area contributed by atoms with Gasteiger partial charge in [0.25, 0.3) is 0 Å². The fourth-order valence-corrected chi connectivity index (χ4v) is 4.99. The van der Waals surface area contributed by atoms with Gasteiger partial charge in [-0.15, -0.1) is 0 Å². The van der Waals surface area contributed by atoms with Crippen LogP contribution in [0.3, 0.4) is 0 Å². The van der Waals surface area contributed by atoms with Crippen molar-refractivity contribution in [3.63, 3.8) is 0 Å². The van der Waals surface area contributed by atoms with Crippen LogP contribution >= 0.6 is 11.6 Å². The summed E-state index contributed by atoms with van der Waals surface area (Å²) in [6, 6.07) is 13.1. The number of pyridine rings is 1. The van der Waals surface area contributed by atoms with E-state index >= 15 is 4.39 Å². The van der Waals surface area contributed by atoms with Crippen molar-refractivity contribution in [1.82, 2.24) is 10.3 Å². The van der Waals surface area contributed by atoms with Crippen molar-refractivity contribution in [2.45, 2.75) is 31.0 Å². The molecule has 5 rings (SSSR count). The molecule has 4 atom stereocenters. The lowest BCUT2D eigenvalue weighted by atomic mass is 9.72. The van der Waals surface area contributed by atoms with Crippen molar-refractivity contribution in [3.05, 3.63) is 71.5 Å². The van der Waals surface area contributed by atoms with Gasteiger partial charge in [0.05, 0.1) is 23.8 Å². The topological polar surface area (TPSA) is 62.3 Å². The molecule has 3 amide bonds. The molecule has 5 nitrogen and oxygen atoms in total. The van der Waals surface area contributed by atoms with Crippen LogP contribution in [0.1, 0.15) is 24.3 Å². The molecule has 1 aliphatic carbocycles. The number of urea groups is 1. The van der Waals surface area contributed by atoms with E-state index in [9.17, 15) is 9.59 Å². The number of carbonyl (C=O) groups excluding carboxylic acids is 2. The number of amides is 3. The van der Waals surface area contributed by atoms with Gasteiger partial charge in [-0.3, -0.25) is 9.78 Å². The molecule has 7 heteroatoms. The van der Waals surface area contributed by atoms with Gasteiger partial charge in [-0.2, -0.15) is 0 Å². The smallest absolute Gasteiger partial charge is 0.329 e. The Labute approximate surface area is 177 Å². The summed E-state index contributed by atoms with van der Waals surface area (Å²) in [7, 11) is 0. The molecule has 1 aliphatic heterocycles. The molecule has 2 heterocycles. The summed E-state index contributed by atoms with van der Waals surface area (Å²) in [4.78, 5) is 31.5. The fourth-order valence-electron chi connectivity index (χ4n) is 4.71. The summed E-state index contributed by atoms with van der Waals surface area (Å²) in [6.45, 7) is 0. The van der Waals surface area contributed by atoms with E-state index in [-0.39, 0.29) is 5.91 Å². The maximum absolute atomic E-state index is 15.5. The predicted molar refractivity (Wildman–Crippen MR) is 113 cm³/mol. The van der Waals surface area contributed by atoms with Gasteiger partial charge in [-0.05, 0) is 24.5 Å². The van der Waals surface area contributed by atoms with Crippen molar-refractivity contribution in [1.29, 1.82) is 0 Å². The molecule has 0 radical (unpaired) electrons. The van der Waals surface area contributed by atoms with Crippen LogP contribution in [0.25, 0.3) is 10.8 Å². The molecule has 1 aromatic heterocycles. The van der Waals surface area contributed by atoms with Crippen LogP contribution in [0.2, 0.25) is 5.02 Å². The number of hydrogen-bond donors (Lipinski definition) is 1. The SMILES string of the molecule is O=C1NC2C(CCC(c3ccccc3Cl)C2F)C(=O)N1c1cncc2ccccc12. The number of hydrogen-bond acceptors (Lipinski definition) is 3. The van der Waals surface area contributed by atoms with Gasteiger partial charge >= 0.3 is 6.03 Å². The van der Waals surface area contributed by atoms with Crippen molar-refractivity contribution in [2.75, 3.05) is 4.90 Å². The molecule has 3 aromatic rings. The largest absolute Gasteiger partial charge is 0.331 e. The van der Waals surface area contributed by atoms with Crippen molar-refractivity contribution >= 4 is 40.0 Å². The van der Waals surface area contributed by atoms with Gasteiger partial charge < -0.3 is 5.32 Å². The Morgan fingerprint density at radius 2 is 1.73 bits per heavy atom. The molecule has 1 saturated heterocycles. The lowest BCUT2D eigenvalue weighted by molar-refractivity contribution is -0.125. The standard InChI is InChI=1S/C23H19ClFN3O2/c24-18-8-4-3-7-15(18)16-9-10-17-21(20(16)25)27-23(30)28(22(17)29)19-12-26-11-13-5-1-2-6-14(13)19/h1-8,11-12,16-17,20-21H,9-10H2,(H,27,30). The third-order valence-corrected chi connectivity index (χ3v) is 6.52. The number of halogens is 2. The molecule has 0 bridgehead atoms. The lowest BCUT2D eigenvalue weighted by Crippen LogP contribution is -2.65. The summed E-state index contributed by atoms with van der Waals surface area (Å²) in [5.41, 5.74) is 1.13. The average Bonchev–Trinajstić information content (AvgIpc) is 2.75. The normalized spacial score (nSPS) is 26.4. The highest BCUT2D eigenvalue weighted by Gasteiger charge is 2.50. The molecule has 0 spiro atoms. The molecule has 2 aromatic carbocycles. The van der Waals surface area contributed by atoms with Crippen LogP contribution < -0.4 is 10.2 Å². The van der Waals surface area contributed by atoms with Gasteiger partial charge in [0, 0.05) is 27.9 Å². The number of nitrogens with one attached hydrogen (secondary N) is 1. The first kappa shape index (κ1) is 19.0. The highest BCUT2D eigenvalue weighted by molar-refractivity contribution is 6.31. The monoisotopic (exact) mass is 423 g/mol. The third-order valence-electron chi connectivity index (χ3n) is 6.17. The van der Waals surface area contributed by atoms with Crippen LogP contribution in [0.5, 0.6) is 0 Å². The van der Waals surface area contributed by atoms with Gasteiger partial charge in [0.15, 0.2) is 0 Å². The van der Waals surface area contributed by atoms with E-state index in [1.165, 1.54) is 6.20 Å². The molecular weight excluding hydrogens is 405 g/mol. The van der Waals surface area contributed by atoms with E-state index in [1.807, 2.05) is 30.3 Å². The van der Waals surface area contributed by atoms with E-state index in [4.69, 9.17) is 11.6 Å². The van der Waals surface area contributed by atoms with Crippen molar-refractivity contribution in [2.24, 2.45) is 5.92 Å². The van der Waals surface area contributed by atoms with Crippen LogP contribution in [-0.2, 0) is 4.79 Å². The maximum Gasteiger partial charge on any atom is 0.329 e. The highest BCUT2D eigenvalue weighted by Crippen LogP contribution is 2.43. The van der Waals surface area contributed by atoms with Crippen LogP contribution in [0.4, 0.5) is 14.9 Å². The van der Waals surface area contributed by atoms with Gasteiger partial charge in [0.2, 0.25) is 5.91 Å². The minimum absolute atomic E-state index is 0.387. The zero-order valence-electron chi connectivity index (χ0n) is 16.0. The van der Waals surface area contributed by atoms with Gasteiger partial charge in [-0.25, -0.2) is 14.1 Å². The lowest BCUT2D eigenvalue weighted by Gasteiger charge is -2.44. The molecule has 1 N–H and O–H groups in total. The minimum atomic E-state index is -1.40. The summed E-state index contributed by atoms with van der Waals surface area (Å²) in [5, 5.41) is 4.82. The second-order valence-electron chi connectivity index (χ2n) is 7.78. The van der Waals surface area contributed by atoms with Crippen LogP contribution in [0, 0.1) is 5.92 Å². The van der Waals surface area contributed by atoms with E-state index in [1.54, 1.807) is 24.4 Å². The zero-order valence-corrected chi connectivity index (χ0v) is 16.7. The number of anilines is 1. The number of benzene rings is 2. The number of fused-ring (bicyclic) bond motifs is 2. The average molecular weight is 424 g/mol. The zero-order chi connectivity index (χ0) is 20.8. The Kier molecular flexibility index (Phi) is 4.66. The second kappa shape index (κ2) is 7.36. The summed E-state index contributed by atoms with van der Waals surface area (Å²) < 4.78 is 15.5. The number of rotatable bonds is 2. The number of aromatic nitrogens is 1. The maximum atomic E-state index is 15.5. The first-order valence-electron chi connectivity index (χ1n) is 9.92. The van der Waals surface area contributed by atoms with Crippen LogP contribution in [0.15, 0.2) is 60.9 Å². The summed E-state index contributed by atoms with van der Waals surface area (Å²) >= 11 is 6.28. The molecule has 30 heavy (non-hydrogen) atoms. The Balaban J connectivity index is 1.48. The van der Waals surface area contributed by atoms with E-state index in [2.05, 4.69) is 10.3 Å². The molecule has 4 unspecified atom stereocenters. The second-order valence-corrected chi connectivity index (χ2v) is 8.19. The van der Waals surface area contributed by atoms with Crippen LogP contribution in [-0.4, -0.2) is 29.1 Å². The molecule has 152 valence electrons. The first-order valence-corrected chi connectivity index (χ1v) is 10.3. The molecule has 1 saturated carbocycles. The van der Waals surface area contributed by atoms with E-state index in [0.717, 1.165) is 15.7 Å². The molecular formula is C23H19ClFN3O2. The first-order chi connectivity index (χ1) is 14.6. The Bertz CT molecular complexity index is 1150. The number of nitrogens with zero attached hydrogens (tertiary/aromatic N) is 2. The number of alkyl halides is 1. The highest BCUT2D eigenvalue weighted by atomic mass is 35.5. The predicted octanol–water partition coefficient (Wildman–Crippen LogP) is 4.84. The third kappa shape index (κ3) is 2.94. The number of imide groups is 1. The quantitative estimate of drug-likeness (QED) is 0.641. The summed E-state index contributed by atoms with van der Waals surface area (Å²) in [5.74, 6) is -1.48. The Morgan fingerprint density at radius 1 is 1.00 bits per heavy atom. The van der Waals surface area contributed by atoms with Gasteiger partial charge in [0.1, 0.15) is 6.17 Å². The van der Waals surface area contributed by atoms with Crippen molar-refractivity contribution in [3.8, 4) is 0 Å². The molecule has 2 aliphatic rings. The van der Waals surface area contributed by atoms with Gasteiger partial charge in [-0.1, -0.05) is 54.1 Å².